The van der Waals surface area contributed by atoms with Gasteiger partial charge >= 0.3 is 0 Å². The molecule has 0 aliphatic rings. The first-order valence-corrected chi connectivity index (χ1v) is 9.81. The number of rotatable bonds is 6. The Bertz CT molecular complexity index is 1320. The molecule has 0 saturated heterocycles. The first kappa shape index (κ1) is 18.7. The highest BCUT2D eigenvalue weighted by Gasteiger charge is 2.11. The first-order chi connectivity index (χ1) is 15.3. The summed E-state index contributed by atoms with van der Waals surface area (Å²) in [5, 5.41) is 8.99. The van der Waals surface area contributed by atoms with E-state index in [1.54, 1.807) is 12.4 Å². The summed E-state index contributed by atoms with van der Waals surface area (Å²) < 4.78 is 11.4. The molecular weight excluding hydrogens is 388 g/mol. The van der Waals surface area contributed by atoms with Gasteiger partial charge in [-0.05, 0) is 47.5 Å². The van der Waals surface area contributed by atoms with E-state index in [0.29, 0.717) is 12.5 Å². The smallest absolute Gasteiger partial charge is 0.248 e. The predicted octanol–water partition coefficient (Wildman–Crippen LogP) is 5.18. The molecule has 0 spiro atoms. The fourth-order valence-electron chi connectivity index (χ4n) is 3.26. The van der Waals surface area contributed by atoms with Crippen molar-refractivity contribution in [2.45, 2.75) is 6.61 Å². The van der Waals surface area contributed by atoms with E-state index in [2.05, 4.69) is 26.2 Å². The monoisotopic (exact) mass is 406 g/mol. The number of hydrogen-bond donors (Lipinski definition) is 0. The van der Waals surface area contributed by atoms with Crippen molar-refractivity contribution in [3.8, 4) is 5.75 Å². The van der Waals surface area contributed by atoms with E-state index in [-0.39, 0.29) is 0 Å². The van der Waals surface area contributed by atoms with Crippen LogP contribution in [0.5, 0.6) is 5.75 Å². The average molecular weight is 406 g/mol. The molecule has 0 aliphatic carbocycles. The molecule has 0 saturated carbocycles. The molecule has 2 aromatic carbocycles. The largest absolute Gasteiger partial charge is 0.487 e. The zero-order chi connectivity index (χ0) is 20.9. The van der Waals surface area contributed by atoms with Gasteiger partial charge < -0.3 is 9.15 Å². The van der Waals surface area contributed by atoms with E-state index in [9.17, 15) is 0 Å². The van der Waals surface area contributed by atoms with E-state index in [4.69, 9.17) is 9.15 Å². The number of benzene rings is 2. The summed E-state index contributed by atoms with van der Waals surface area (Å²) in [6.45, 7) is 0.395. The van der Waals surface area contributed by atoms with Gasteiger partial charge in [-0.2, -0.15) is 0 Å². The summed E-state index contributed by atoms with van der Waals surface area (Å²) in [6.07, 6.45) is 6.81. The van der Waals surface area contributed by atoms with Crippen LogP contribution in [0.15, 0.2) is 96.0 Å². The lowest BCUT2D eigenvalue weighted by atomic mass is 10.0. The Kier molecular flexibility index (Phi) is 5.18. The Morgan fingerprint density at radius 2 is 1.84 bits per heavy atom. The number of pyridine rings is 2. The highest BCUT2D eigenvalue weighted by atomic mass is 16.5. The van der Waals surface area contributed by atoms with Crippen molar-refractivity contribution in [1.82, 2.24) is 20.2 Å². The SMILES string of the molecule is C(=C(c1ccc(OCc2ccc3ccccc3n2)cc1)c1nnco1)c1cccnc1. The number of hydrogen-bond acceptors (Lipinski definition) is 6. The normalized spacial score (nSPS) is 11.5. The summed E-state index contributed by atoms with van der Waals surface area (Å²) in [5.41, 5.74) is 4.53. The third-order valence-corrected chi connectivity index (χ3v) is 4.79. The first-order valence-electron chi connectivity index (χ1n) is 9.81. The number of nitrogens with zero attached hydrogens (tertiary/aromatic N) is 4. The molecule has 0 unspecified atom stereocenters. The summed E-state index contributed by atoms with van der Waals surface area (Å²) in [4.78, 5) is 8.81. The lowest BCUT2D eigenvalue weighted by Crippen LogP contribution is -1.98. The molecule has 6 heteroatoms. The van der Waals surface area contributed by atoms with Gasteiger partial charge in [0.1, 0.15) is 12.4 Å². The van der Waals surface area contributed by atoms with Gasteiger partial charge in [-0.1, -0.05) is 42.5 Å². The second-order valence-electron chi connectivity index (χ2n) is 6.90. The van der Waals surface area contributed by atoms with Crippen LogP contribution in [0.25, 0.3) is 22.6 Å². The Labute approximate surface area is 178 Å². The molecule has 5 rings (SSSR count). The zero-order valence-electron chi connectivity index (χ0n) is 16.6. The summed E-state index contributed by atoms with van der Waals surface area (Å²) in [7, 11) is 0. The molecule has 0 atom stereocenters. The highest BCUT2D eigenvalue weighted by molar-refractivity contribution is 5.88. The second kappa shape index (κ2) is 8.59. The van der Waals surface area contributed by atoms with Crippen LogP contribution >= 0.6 is 0 Å². The molecule has 150 valence electrons. The molecule has 0 radical (unpaired) electrons. The van der Waals surface area contributed by atoms with Crippen molar-refractivity contribution < 1.29 is 9.15 Å². The minimum atomic E-state index is 0.395. The maximum atomic E-state index is 5.94. The van der Waals surface area contributed by atoms with Crippen molar-refractivity contribution in [2.75, 3.05) is 0 Å². The third kappa shape index (κ3) is 4.33. The van der Waals surface area contributed by atoms with Gasteiger partial charge in [0.25, 0.3) is 0 Å². The van der Waals surface area contributed by atoms with Gasteiger partial charge in [0.2, 0.25) is 12.3 Å². The standard InChI is InChI=1S/C25H18N4O2/c1-2-6-24-20(5-1)7-10-21(28-24)16-30-22-11-8-19(9-12-22)23(25-29-27-17-31-25)14-18-4-3-13-26-15-18/h1-15,17H,16H2. The molecule has 3 heterocycles. The number of aromatic nitrogens is 4. The summed E-state index contributed by atoms with van der Waals surface area (Å²) in [6, 6.07) is 23.7. The molecule has 0 fully saturated rings. The van der Waals surface area contributed by atoms with Gasteiger partial charge in [0.15, 0.2) is 0 Å². The molecule has 31 heavy (non-hydrogen) atoms. The lowest BCUT2D eigenvalue weighted by molar-refractivity contribution is 0.302. The van der Waals surface area contributed by atoms with Gasteiger partial charge in [-0.25, -0.2) is 4.98 Å². The molecule has 6 nitrogen and oxygen atoms in total. The minimum Gasteiger partial charge on any atom is -0.487 e. The predicted molar refractivity (Wildman–Crippen MR) is 118 cm³/mol. The van der Waals surface area contributed by atoms with E-state index in [1.165, 1.54) is 6.39 Å². The quantitative estimate of drug-likeness (QED) is 0.387. The summed E-state index contributed by atoms with van der Waals surface area (Å²) >= 11 is 0. The van der Waals surface area contributed by atoms with Crippen molar-refractivity contribution in [2.24, 2.45) is 0 Å². The van der Waals surface area contributed by atoms with Crippen LogP contribution in [0.4, 0.5) is 0 Å². The molecule has 0 amide bonds. The number of fused-ring (bicyclic) bond motifs is 1. The topological polar surface area (TPSA) is 73.9 Å². The molecule has 3 aromatic heterocycles. The Hall–Kier alpha value is -4.32. The molecule has 0 aliphatic heterocycles. The maximum Gasteiger partial charge on any atom is 0.248 e. The van der Waals surface area contributed by atoms with E-state index < -0.39 is 0 Å². The second-order valence-corrected chi connectivity index (χ2v) is 6.90. The van der Waals surface area contributed by atoms with E-state index >= 15 is 0 Å². The van der Waals surface area contributed by atoms with Crippen molar-refractivity contribution in [1.29, 1.82) is 0 Å². The van der Waals surface area contributed by atoms with Crippen LogP contribution in [-0.4, -0.2) is 20.2 Å². The van der Waals surface area contributed by atoms with Gasteiger partial charge in [0.05, 0.1) is 11.2 Å². The van der Waals surface area contributed by atoms with Crippen LogP contribution in [0.2, 0.25) is 0 Å². The van der Waals surface area contributed by atoms with E-state index in [0.717, 1.165) is 39.0 Å². The number of para-hydroxylation sites is 1. The zero-order valence-corrected chi connectivity index (χ0v) is 16.6. The Morgan fingerprint density at radius 1 is 0.935 bits per heavy atom. The molecule has 5 aromatic rings. The minimum absolute atomic E-state index is 0.395. The van der Waals surface area contributed by atoms with Gasteiger partial charge in [-0.15, -0.1) is 10.2 Å². The van der Waals surface area contributed by atoms with Gasteiger partial charge in [0, 0.05) is 23.4 Å². The van der Waals surface area contributed by atoms with Crippen LogP contribution < -0.4 is 4.74 Å². The highest BCUT2D eigenvalue weighted by Crippen LogP contribution is 2.26. The number of ether oxygens (including phenoxy) is 1. The van der Waals surface area contributed by atoms with Crippen LogP contribution in [0.1, 0.15) is 22.7 Å². The Morgan fingerprint density at radius 3 is 2.65 bits per heavy atom. The van der Waals surface area contributed by atoms with Crippen molar-refractivity contribution >= 4 is 22.6 Å². The van der Waals surface area contributed by atoms with Crippen molar-refractivity contribution in [3.05, 3.63) is 114 Å². The molecule has 0 bridgehead atoms. The van der Waals surface area contributed by atoms with E-state index in [1.807, 2.05) is 72.8 Å². The fraction of sp³-hybridized carbons (Fsp3) is 0.0400. The molecular formula is C25H18N4O2. The third-order valence-electron chi connectivity index (χ3n) is 4.79. The molecule has 0 N–H and O–H groups in total. The van der Waals surface area contributed by atoms with Crippen LogP contribution in [0, 0.1) is 0 Å². The fourth-order valence-corrected chi connectivity index (χ4v) is 3.26. The van der Waals surface area contributed by atoms with Gasteiger partial charge in [-0.3, -0.25) is 4.98 Å². The maximum absolute atomic E-state index is 5.94. The van der Waals surface area contributed by atoms with Crippen LogP contribution in [-0.2, 0) is 6.61 Å². The Balaban J connectivity index is 1.35. The van der Waals surface area contributed by atoms with Crippen molar-refractivity contribution in [3.63, 3.8) is 0 Å². The van der Waals surface area contributed by atoms with Crippen LogP contribution in [0.3, 0.4) is 0 Å². The average Bonchev–Trinajstić information content (AvgIpc) is 3.37. The lowest BCUT2D eigenvalue weighted by Gasteiger charge is -2.09. The summed E-state index contributed by atoms with van der Waals surface area (Å²) in [5.74, 6) is 1.20.